The predicted octanol–water partition coefficient (Wildman–Crippen LogP) is 3.32. The lowest BCUT2D eigenvalue weighted by Crippen LogP contribution is -2.31. The van der Waals surface area contributed by atoms with Gasteiger partial charge in [-0.15, -0.1) is 0 Å². The Morgan fingerprint density at radius 1 is 1.13 bits per heavy atom. The maximum Gasteiger partial charge on any atom is 0.255 e. The molecule has 0 unspecified atom stereocenters. The molecular weight excluding hydrogens is 416 g/mol. The first kappa shape index (κ1) is 18.5. The summed E-state index contributed by atoms with van der Waals surface area (Å²) in [4.78, 5) is 15.2. The molecule has 0 spiro atoms. The van der Waals surface area contributed by atoms with E-state index in [1.165, 1.54) is 0 Å². The number of hydrogen-bond donors (Lipinski definition) is 1. The number of hydrogen-bond acceptors (Lipinski definition) is 5. The molecule has 156 valence electrons. The van der Waals surface area contributed by atoms with Gasteiger partial charge in [-0.25, -0.2) is 0 Å². The number of fused-ring (bicyclic) bond motifs is 2. The average molecular weight is 435 g/mol. The molecular formula is C22H19ClN6O2. The predicted molar refractivity (Wildman–Crippen MR) is 114 cm³/mol. The monoisotopic (exact) mass is 434 g/mol. The van der Waals surface area contributed by atoms with Gasteiger partial charge in [0.2, 0.25) is 0 Å². The molecule has 1 fully saturated rings. The summed E-state index contributed by atoms with van der Waals surface area (Å²) in [7, 11) is 0. The van der Waals surface area contributed by atoms with E-state index in [2.05, 4.69) is 15.4 Å². The first-order valence-corrected chi connectivity index (χ1v) is 10.6. The summed E-state index contributed by atoms with van der Waals surface area (Å²) in [6.45, 7) is 1.77. The summed E-state index contributed by atoms with van der Waals surface area (Å²) in [5, 5.41) is 16.2. The van der Waals surface area contributed by atoms with Crippen molar-refractivity contribution in [1.82, 2.24) is 30.1 Å². The Hall–Kier alpha value is -3.23. The summed E-state index contributed by atoms with van der Waals surface area (Å²) < 4.78 is 7.15. The zero-order chi connectivity index (χ0) is 20.9. The van der Waals surface area contributed by atoms with E-state index >= 15 is 0 Å². The van der Waals surface area contributed by atoms with Crippen LogP contribution in [0.3, 0.4) is 0 Å². The lowest BCUT2D eigenvalue weighted by molar-refractivity contribution is -0.0288. The van der Waals surface area contributed by atoms with Crippen LogP contribution in [0, 0.1) is 0 Å². The van der Waals surface area contributed by atoms with E-state index in [9.17, 15) is 4.79 Å². The fourth-order valence-corrected chi connectivity index (χ4v) is 4.54. The summed E-state index contributed by atoms with van der Waals surface area (Å²) in [5.41, 5.74) is 5.11. The molecule has 1 N–H and O–H groups in total. The SMILES string of the molecule is O=C1c2ccccc2[C@@H](Cc2nn(C3COC3)cc2Cl)N1Cc1ccc2n[nH]nc2c1. The van der Waals surface area contributed by atoms with E-state index in [4.69, 9.17) is 21.4 Å². The number of nitrogens with one attached hydrogen (secondary N) is 1. The van der Waals surface area contributed by atoms with Gasteiger partial charge in [0.05, 0.1) is 36.0 Å². The molecule has 8 nitrogen and oxygen atoms in total. The Balaban J connectivity index is 1.34. The minimum atomic E-state index is -0.143. The molecule has 4 heterocycles. The first-order chi connectivity index (χ1) is 15.2. The lowest BCUT2D eigenvalue weighted by Gasteiger charge is -2.26. The highest BCUT2D eigenvalue weighted by atomic mass is 35.5. The second kappa shape index (κ2) is 7.18. The van der Waals surface area contributed by atoms with Gasteiger partial charge in [0, 0.05) is 24.7 Å². The summed E-state index contributed by atoms with van der Waals surface area (Å²) in [6, 6.07) is 13.7. The van der Waals surface area contributed by atoms with Crippen molar-refractivity contribution in [3.8, 4) is 0 Å². The Morgan fingerprint density at radius 3 is 2.81 bits per heavy atom. The van der Waals surface area contributed by atoms with Gasteiger partial charge < -0.3 is 9.64 Å². The van der Waals surface area contributed by atoms with Gasteiger partial charge in [-0.1, -0.05) is 35.9 Å². The van der Waals surface area contributed by atoms with Gasteiger partial charge in [0.15, 0.2) is 0 Å². The lowest BCUT2D eigenvalue weighted by atomic mass is 10.0. The Morgan fingerprint density at radius 2 is 1.97 bits per heavy atom. The van der Waals surface area contributed by atoms with E-state index in [0.717, 1.165) is 33.4 Å². The van der Waals surface area contributed by atoms with Crippen molar-refractivity contribution in [3.05, 3.63) is 76.1 Å². The first-order valence-electron chi connectivity index (χ1n) is 10.2. The summed E-state index contributed by atoms with van der Waals surface area (Å²) in [5.74, 6) is 0.0174. The number of rotatable bonds is 5. The minimum Gasteiger partial charge on any atom is -0.377 e. The van der Waals surface area contributed by atoms with Gasteiger partial charge in [-0.3, -0.25) is 9.48 Å². The average Bonchev–Trinajstić information content (AvgIpc) is 3.40. The second-order valence-corrected chi connectivity index (χ2v) is 8.39. The number of nitrogens with zero attached hydrogens (tertiary/aromatic N) is 5. The molecule has 1 atom stereocenters. The van der Waals surface area contributed by atoms with Crippen LogP contribution in [-0.2, 0) is 17.7 Å². The van der Waals surface area contributed by atoms with Crippen molar-refractivity contribution in [2.75, 3.05) is 13.2 Å². The van der Waals surface area contributed by atoms with Crippen LogP contribution < -0.4 is 0 Å². The van der Waals surface area contributed by atoms with Gasteiger partial charge in [0.25, 0.3) is 5.91 Å². The number of benzene rings is 2. The number of ether oxygens (including phenoxy) is 1. The quantitative estimate of drug-likeness (QED) is 0.520. The standard InChI is InChI=1S/C22H19ClN6O2/c23-17-10-29(14-11-31-12-14)26-19(17)8-21-15-3-1-2-4-16(15)22(30)28(21)9-13-5-6-18-20(7-13)25-27-24-18/h1-7,10,14,21H,8-9,11-12H2,(H,24,25,27)/t21-/m1/s1. The van der Waals surface area contributed by atoms with Crippen LogP contribution in [0.4, 0.5) is 0 Å². The van der Waals surface area contributed by atoms with Crippen LogP contribution in [-0.4, -0.2) is 49.2 Å². The van der Waals surface area contributed by atoms with Gasteiger partial charge in [-0.2, -0.15) is 20.5 Å². The molecule has 2 aromatic carbocycles. The molecule has 2 aliphatic rings. The molecule has 1 saturated heterocycles. The van der Waals surface area contributed by atoms with Crippen molar-refractivity contribution in [2.45, 2.75) is 25.0 Å². The number of aromatic nitrogens is 5. The highest BCUT2D eigenvalue weighted by Crippen LogP contribution is 2.38. The number of amides is 1. The van der Waals surface area contributed by atoms with Crippen molar-refractivity contribution >= 4 is 28.5 Å². The molecule has 0 bridgehead atoms. The van der Waals surface area contributed by atoms with Gasteiger partial charge >= 0.3 is 0 Å². The zero-order valence-electron chi connectivity index (χ0n) is 16.5. The fourth-order valence-electron chi connectivity index (χ4n) is 4.32. The summed E-state index contributed by atoms with van der Waals surface area (Å²) in [6.07, 6.45) is 2.41. The Bertz CT molecular complexity index is 1290. The van der Waals surface area contributed by atoms with Crippen molar-refractivity contribution < 1.29 is 9.53 Å². The molecule has 1 amide bonds. The van der Waals surface area contributed by atoms with Crippen LogP contribution >= 0.6 is 11.6 Å². The number of H-pyrrole nitrogens is 1. The highest BCUT2D eigenvalue weighted by molar-refractivity contribution is 6.31. The molecule has 0 radical (unpaired) electrons. The van der Waals surface area contributed by atoms with Crippen LogP contribution in [0.1, 0.15) is 39.3 Å². The number of carbonyl (C=O) groups is 1. The third-order valence-corrected chi connectivity index (χ3v) is 6.38. The fraction of sp³-hybridized carbons (Fsp3) is 0.273. The molecule has 6 rings (SSSR count). The molecule has 2 aromatic heterocycles. The van der Waals surface area contributed by atoms with E-state index in [1.807, 2.05) is 58.2 Å². The summed E-state index contributed by atoms with van der Waals surface area (Å²) >= 11 is 6.53. The second-order valence-electron chi connectivity index (χ2n) is 7.98. The Labute approximate surface area is 182 Å². The third-order valence-electron chi connectivity index (χ3n) is 6.06. The normalized spacial score (nSPS) is 18.5. The molecule has 0 aliphatic carbocycles. The van der Waals surface area contributed by atoms with Crippen molar-refractivity contribution in [1.29, 1.82) is 0 Å². The maximum absolute atomic E-state index is 13.3. The zero-order valence-corrected chi connectivity index (χ0v) is 17.3. The number of carbonyl (C=O) groups excluding carboxylic acids is 1. The maximum atomic E-state index is 13.3. The number of halogens is 1. The van der Waals surface area contributed by atoms with E-state index in [1.54, 1.807) is 0 Å². The van der Waals surface area contributed by atoms with Gasteiger partial charge in [-0.05, 0) is 29.3 Å². The van der Waals surface area contributed by atoms with Crippen LogP contribution in [0.15, 0.2) is 48.7 Å². The van der Waals surface area contributed by atoms with Crippen molar-refractivity contribution in [2.24, 2.45) is 0 Å². The van der Waals surface area contributed by atoms with Crippen LogP contribution in [0.5, 0.6) is 0 Å². The van der Waals surface area contributed by atoms with Gasteiger partial charge in [0.1, 0.15) is 11.0 Å². The van der Waals surface area contributed by atoms with E-state index in [0.29, 0.717) is 31.2 Å². The van der Waals surface area contributed by atoms with Crippen LogP contribution in [0.2, 0.25) is 5.02 Å². The molecule has 0 saturated carbocycles. The minimum absolute atomic E-state index is 0.0174. The topological polar surface area (TPSA) is 88.9 Å². The van der Waals surface area contributed by atoms with E-state index in [-0.39, 0.29) is 18.0 Å². The highest BCUT2D eigenvalue weighted by Gasteiger charge is 2.37. The van der Waals surface area contributed by atoms with Crippen molar-refractivity contribution in [3.63, 3.8) is 0 Å². The van der Waals surface area contributed by atoms with E-state index < -0.39 is 0 Å². The molecule has 31 heavy (non-hydrogen) atoms. The molecule has 4 aromatic rings. The smallest absolute Gasteiger partial charge is 0.255 e. The molecule has 2 aliphatic heterocycles. The Kier molecular flexibility index (Phi) is 4.29. The number of aromatic amines is 1. The third kappa shape index (κ3) is 3.10. The largest absolute Gasteiger partial charge is 0.377 e. The van der Waals surface area contributed by atoms with Crippen LogP contribution in [0.25, 0.3) is 11.0 Å². The molecule has 9 heteroatoms.